The average Bonchev–Trinajstić information content (AvgIpc) is 2.59. The van der Waals surface area contributed by atoms with Crippen LogP contribution in [-0.4, -0.2) is 20.7 Å². The highest BCUT2D eigenvalue weighted by atomic mass is 16.4. The van der Waals surface area contributed by atoms with Crippen molar-refractivity contribution in [3.8, 4) is 5.75 Å². The van der Waals surface area contributed by atoms with E-state index in [0.717, 1.165) is 5.52 Å². The zero-order valence-electron chi connectivity index (χ0n) is 9.14. The van der Waals surface area contributed by atoms with E-state index in [4.69, 9.17) is 5.11 Å². The molecular formula is C12H13NO3. The van der Waals surface area contributed by atoms with Crippen LogP contribution in [0.2, 0.25) is 0 Å². The second kappa shape index (κ2) is 3.56. The van der Waals surface area contributed by atoms with Crippen LogP contribution >= 0.6 is 0 Å². The molecule has 0 saturated carbocycles. The molecule has 4 heteroatoms. The Kier molecular flexibility index (Phi) is 2.34. The second-order valence-electron chi connectivity index (χ2n) is 4.05. The van der Waals surface area contributed by atoms with Gasteiger partial charge in [-0.2, -0.15) is 0 Å². The molecule has 0 atom stereocenters. The number of nitrogens with zero attached hydrogens (tertiary/aromatic N) is 1. The number of hydrogen-bond acceptors (Lipinski definition) is 2. The van der Waals surface area contributed by atoms with Crippen molar-refractivity contribution in [2.75, 3.05) is 0 Å². The van der Waals surface area contributed by atoms with Crippen molar-refractivity contribution >= 4 is 16.9 Å². The van der Waals surface area contributed by atoms with E-state index in [1.807, 2.05) is 24.6 Å². The van der Waals surface area contributed by atoms with Crippen LogP contribution in [0.1, 0.15) is 30.2 Å². The molecule has 84 valence electrons. The normalized spacial score (nSPS) is 11.2. The number of benzene rings is 1. The van der Waals surface area contributed by atoms with Gasteiger partial charge >= 0.3 is 5.97 Å². The Morgan fingerprint density at radius 1 is 1.38 bits per heavy atom. The van der Waals surface area contributed by atoms with E-state index >= 15 is 0 Å². The van der Waals surface area contributed by atoms with Crippen molar-refractivity contribution in [3.05, 3.63) is 30.0 Å². The Morgan fingerprint density at radius 3 is 2.62 bits per heavy atom. The smallest absolute Gasteiger partial charge is 0.336 e. The molecule has 2 aromatic rings. The minimum absolute atomic E-state index is 0.0227. The lowest BCUT2D eigenvalue weighted by Gasteiger charge is -2.10. The van der Waals surface area contributed by atoms with Crippen LogP contribution in [0.15, 0.2) is 24.4 Å². The molecule has 0 bridgehead atoms. The summed E-state index contributed by atoms with van der Waals surface area (Å²) >= 11 is 0. The molecule has 0 radical (unpaired) electrons. The van der Waals surface area contributed by atoms with Gasteiger partial charge in [0.1, 0.15) is 5.75 Å². The predicted molar refractivity (Wildman–Crippen MR) is 60.9 cm³/mol. The molecule has 16 heavy (non-hydrogen) atoms. The van der Waals surface area contributed by atoms with Gasteiger partial charge in [0, 0.05) is 23.7 Å². The molecule has 0 aliphatic rings. The average molecular weight is 219 g/mol. The van der Waals surface area contributed by atoms with Gasteiger partial charge in [0.05, 0.1) is 11.1 Å². The van der Waals surface area contributed by atoms with Gasteiger partial charge in [0.15, 0.2) is 0 Å². The first-order valence-electron chi connectivity index (χ1n) is 5.07. The minimum atomic E-state index is -1.03. The second-order valence-corrected chi connectivity index (χ2v) is 4.05. The summed E-state index contributed by atoms with van der Waals surface area (Å²) in [6.45, 7) is 4.01. The van der Waals surface area contributed by atoms with Crippen LogP contribution in [0.25, 0.3) is 10.9 Å². The number of phenolic OH excluding ortho intramolecular Hbond substituents is 1. The van der Waals surface area contributed by atoms with Gasteiger partial charge in [-0.15, -0.1) is 0 Å². The Labute approximate surface area is 92.7 Å². The number of carboxylic acids is 1. The molecule has 0 unspecified atom stereocenters. The largest absolute Gasteiger partial charge is 0.508 e. The molecule has 1 aromatic heterocycles. The van der Waals surface area contributed by atoms with Crippen molar-refractivity contribution in [1.82, 2.24) is 4.57 Å². The fourth-order valence-corrected chi connectivity index (χ4v) is 1.87. The van der Waals surface area contributed by atoms with Crippen molar-refractivity contribution in [2.24, 2.45) is 0 Å². The monoisotopic (exact) mass is 219 g/mol. The number of phenols is 1. The van der Waals surface area contributed by atoms with Crippen LogP contribution in [0.4, 0.5) is 0 Å². The van der Waals surface area contributed by atoms with E-state index in [2.05, 4.69) is 0 Å². The topological polar surface area (TPSA) is 62.5 Å². The van der Waals surface area contributed by atoms with Gasteiger partial charge in [-0.1, -0.05) is 0 Å². The molecule has 0 spiro atoms. The molecule has 0 fully saturated rings. The van der Waals surface area contributed by atoms with Crippen molar-refractivity contribution in [1.29, 1.82) is 0 Å². The van der Waals surface area contributed by atoms with Crippen LogP contribution in [0.5, 0.6) is 5.75 Å². The molecule has 2 rings (SSSR count). The number of aromatic carboxylic acids is 1. The number of aromatic hydroxyl groups is 1. The van der Waals surface area contributed by atoms with E-state index in [1.165, 1.54) is 6.07 Å². The molecule has 1 aromatic carbocycles. The maximum atomic E-state index is 11.0. The number of fused-ring (bicyclic) bond motifs is 1. The number of hydrogen-bond donors (Lipinski definition) is 2. The van der Waals surface area contributed by atoms with Gasteiger partial charge in [-0.25, -0.2) is 4.79 Å². The molecule has 2 N–H and O–H groups in total. The Hall–Kier alpha value is -1.97. The third kappa shape index (κ3) is 1.52. The van der Waals surface area contributed by atoms with Crippen molar-refractivity contribution in [2.45, 2.75) is 19.9 Å². The third-order valence-corrected chi connectivity index (χ3v) is 2.61. The van der Waals surface area contributed by atoms with Gasteiger partial charge in [-0.05, 0) is 26.0 Å². The van der Waals surface area contributed by atoms with Crippen molar-refractivity contribution < 1.29 is 15.0 Å². The van der Waals surface area contributed by atoms with Crippen LogP contribution in [0, 0.1) is 0 Å². The number of carboxylic acid groups (broad SMARTS) is 1. The molecule has 0 amide bonds. The first kappa shape index (κ1) is 10.5. The Bertz CT molecular complexity index is 555. The maximum absolute atomic E-state index is 11.0. The van der Waals surface area contributed by atoms with E-state index < -0.39 is 5.97 Å². The highest BCUT2D eigenvalue weighted by molar-refractivity contribution is 6.03. The molecule has 0 aliphatic heterocycles. The summed E-state index contributed by atoms with van der Waals surface area (Å²) in [5.74, 6) is -1.05. The van der Waals surface area contributed by atoms with Crippen molar-refractivity contribution in [3.63, 3.8) is 0 Å². The van der Waals surface area contributed by atoms with Crippen LogP contribution in [0.3, 0.4) is 0 Å². The van der Waals surface area contributed by atoms with Crippen LogP contribution in [-0.2, 0) is 0 Å². The van der Waals surface area contributed by atoms with E-state index in [9.17, 15) is 9.90 Å². The fourth-order valence-electron chi connectivity index (χ4n) is 1.87. The minimum Gasteiger partial charge on any atom is -0.508 e. The molecular weight excluding hydrogens is 206 g/mol. The molecule has 0 saturated heterocycles. The predicted octanol–water partition coefficient (Wildman–Crippen LogP) is 2.63. The van der Waals surface area contributed by atoms with Crippen LogP contribution < -0.4 is 0 Å². The maximum Gasteiger partial charge on any atom is 0.336 e. The summed E-state index contributed by atoms with van der Waals surface area (Å²) in [6.07, 6.45) is 1.83. The summed E-state index contributed by atoms with van der Waals surface area (Å²) < 4.78 is 1.93. The molecule has 4 nitrogen and oxygen atoms in total. The highest BCUT2D eigenvalue weighted by Crippen LogP contribution is 2.27. The van der Waals surface area contributed by atoms with E-state index in [1.54, 1.807) is 12.1 Å². The number of rotatable bonds is 2. The highest BCUT2D eigenvalue weighted by Gasteiger charge is 2.14. The lowest BCUT2D eigenvalue weighted by atomic mass is 10.1. The fraction of sp³-hybridized carbons (Fsp3) is 0.250. The lowest BCUT2D eigenvalue weighted by molar-refractivity contribution is 0.0698. The Morgan fingerprint density at radius 2 is 2.06 bits per heavy atom. The first-order valence-corrected chi connectivity index (χ1v) is 5.07. The first-order chi connectivity index (χ1) is 7.50. The summed E-state index contributed by atoms with van der Waals surface area (Å²) in [7, 11) is 0. The number of aromatic nitrogens is 1. The quantitative estimate of drug-likeness (QED) is 0.816. The van der Waals surface area contributed by atoms with Gasteiger partial charge < -0.3 is 14.8 Å². The zero-order chi connectivity index (χ0) is 11.9. The summed E-state index contributed by atoms with van der Waals surface area (Å²) in [4.78, 5) is 11.0. The van der Waals surface area contributed by atoms with Gasteiger partial charge in [0.2, 0.25) is 0 Å². The summed E-state index contributed by atoms with van der Waals surface area (Å²) in [5.41, 5.74) is 0.877. The summed E-state index contributed by atoms with van der Waals surface area (Å²) in [6, 6.07) is 4.84. The molecule has 1 heterocycles. The van der Waals surface area contributed by atoms with Gasteiger partial charge in [0.25, 0.3) is 0 Å². The Balaban J connectivity index is 2.81. The van der Waals surface area contributed by atoms with E-state index in [-0.39, 0.29) is 17.4 Å². The zero-order valence-corrected chi connectivity index (χ0v) is 9.14. The SMILES string of the molecule is CC(C)n1ccc2c(C(=O)O)cc(O)cc21. The number of carbonyl (C=O) groups is 1. The van der Waals surface area contributed by atoms with Gasteiger partial charge in [-0.3, -0.25) is 0 Å². The summed E-state index contributed by atoms with van der Waals surface area (Å²) in [5, 5.41) is 19.2. The standard InChI is InChI=1S/C12H13NO3/c1-7(2)13-4-3-9-10(12(15)16)5-8(14)6-11(9)13/h3-7,14H,1-2H3,(H,15,16). The van der Waals surface area contributed by atoms with E-state index in [0.29, 0.717) is 5.39 Å². The third-order valence-electron chi connectivity index (χ3n) is 2.61. The lowest BCUT2D eigenvalue weighted by Crippen LogP contribution is -2.00. The molecule has 0 aliphatic carbocycles.